The predicted octanol–water partition coefficient (Wildman–Crippen LogP) is 5.08. The van der Waals surface area contributed by atoms with E-state index in [0.29, 0.717) is 17.3 Å². The second kappa shape index (κ2) is 9.36. The number of anilines is 1. The molecule has 0 saturated heterocycles. The van der Waals surface area contributed by atoms with Crippen LogP contribution in [-0.2, 0) is 0 Å². The average Bonchev–Trinajstić information content (AvgIpc) is 3.26. The Kier molecular flexibility index (Phi) is 6.35. The van der Waals surface area contributed by atoms with Crippen LogP contribution in [0.15, 0.2) is 55.0 Å². The maximum absolute atomic E-state index is 13.3. The molecular formula is C25H27FN6O. The van der Waals surface area contributed by atoms with Crippen molar-refractivity contribution in [3.63, 3.8) is 0 Å². The third kappa shape index (κ3) is 4.55. The fraction of sp³-hybridized carbons (Fsp3) is 0.280. The van der Waals surface area contributed by atoms with E-state index in [4.69, 9.17) is 4.74 Å². The minimum atomic E-state index is -0.244. The van der Waals surface area contributed by atoms with E-state index in [0.717, 1.165) is 34.9 Å². The first kappa shape index (κ1) is 22.4. The minimum absolute atomic E-state index is 0.0191. The first-order valence-electron chi connectivity index (χ1n) is 10.8. The van der Waals surface area contributed by atoms with E-state index in [-0.39, 0.29) is 11.9 Å². The van der Waals surface area contributed by atoms with Crippen molar-refractivity contribution in [1.82, 2.24) is 24.7 Å². The van der Waals surface area contributed by atoms with Gasteiger partial charge in [0.05, 0.1) is 30.9 Å². The summed E-state index contributed by atoms with van der Waals surface area (Å²) in [6.07, 6.45) is 3.65. The Morgan fingerprint density at radius 2 is 1.82 bits per heavy atom. The molecule has 0 N–H and O–H groups in total. The van der Waals surface area contributed by atoms with Gasteiger partial charge in [0.1, 0.15) is 17.2 Å². The topological polar surface area (TPSA) is 69.0 Å². The molecule has 4 aromatic rings. The lowest BCUT2D eigenvalue weighted by molar-refractivity contribution is 0.396. The lowest BCUT2D eigenvalue weighted by atomic mass is 10.1. The molecule has 0 aliphatic carbocycles. The van der Waals surface area contributed by atoms with Crippen molar-refractivity contribution in [2.75, 3.05) is 18.6 Å². The second-order valence-electron chi connectivity index (χ2n) is 7.90. The molecule has 33 heavy (non-hydrogen) atoms. The highest BCUT2D eigenvalue weighted by Gasteiger charge is 2.20. The number of ether oxygens (including phenoxy) is 1. The molecule has 0 bridgehead atoms. The van der Waals surface area contributed by atoms with Crippen molar-refractivity contribution >= 4 is 5.82 Å². The molecule has 7 nitrogen and oxygen atoms in total. The number of aromatic nitrogens is 5. The van der Waals surface area contributed by atoms with Crippen molar-refractivity contribution in [3.05, 3.63) is 77.6 Å². The first-order valence-corrected chi connectivity index (χ1v) is 10.8. The Morgan fingerprint density at radius 3 is 2.42 bits per heavy atom. The molecule has 0 amide bonds. The van der Waals surface area contributed by atoms with Gasteiger partial charge < -0.3 is 14.2 Å². The number of methoxy groups -OCH3 is 1. The van der Waals surface area contributed by atoms with Crippen LogP contribution in [-0.4, -0.2) is 38.4 Å². The molecule has 0 fully saturated rings. The van der Waals surface area contributed by atoms with Crippen molar-refractivity contribution in [3.8, 4) is 23.0 Å². The molecule has 1 unspecified atom stereocenters. The van der Waals surface area contributed by atoms with E-state index in [1.165, 1.54) is 12.1 Å². The molecule has 170 valence electrons. The average molecular weight is 447 g/mol. The van der Waals surface area contributed by atoms with Gasteiger partial charge in [-0.05, 0) is 69.2 Å². The molecule has 3 aromatic heterocycles. The number of halogens is 1. The van der Waals surface area contributed by atoms with Crippen molar-refractivity contribution in [2.45, 2.75) is 33.7 Å². The Hall–Kier alpha value is -3.81. The van der Waals surface area contributed by atoms with Crippen LogP contribution in [0.25, 0.3) is 17.1 Å². The normalized spacial score (nSPS) is 11.9. The standard InChI is InChI=1S/C25H27FN6O/c1-6-32(18(4)19-7-9-20(26)10-8-19)24-16(2)13-22(29-30-24)21-11-12-23(25(28-21)33-5)31-14-17(3)27-15-31/h7-15,18H,6H2,1-5H3. The van der Waals surface area contributed by atoms with Gasteiger partial charge in [0, 0.05) is 12.7 Å². The molecule has 0 radical (unpaired) electrons. The molecule has 1 aromatic carbocycles. The van der Waals surface area contributed by atoms with Gasteiger partial charge in [-0.3, -0.25) is 0 Å². The monoisotopic (exact) mass is 446 g/mol. The van der Waals surface area contributed by atoms with Crippen LogP contribution in [0.5, 0.6) is 5.88 Å². The highest BCUT2D eigenvalue weighted by molar-refractivity contribution is 5.61. The van der Waals surface area contributed by atoms with Crippen LogP contribution in [0.3, 0.4) is 0 Å². The van der Waals surface area contributed by atoms with E-state index in [1.54, 1.807) is 25.6 Å². The number of benzene rings is 1. The summed E-state index contributed by atoms with van der Waals surface area (Å²) >= 11 is 0. The van der Waals surface area contributed by atoms with Crippen LogP contribution in [0.4, 0.5) is 10.2 Å². The van der Waals surface area contributed by atoms with E-state index >= 15 is 0 Å². The maximum Gasteiger partial charge on any atom is 0.238 e. The maximum atomic E-state index is 13.3. The molecule has 0 spiro atoms. The summed E-state index contributed by atoms with van der Waals surface area (Å²) < 4.78 is 20.7. The Balaban J connectivity index is 1.64. The van der Waals surface area contributed by atoms with Crippen molar-refractivity contribution in [1.29, 1.82) is 0 Å². The van der Waals surface area contributed by atoms with Gasteiger partial charge in [0.25, 0.3) is 0 Å². The van der Waals surface area contributed by atoms with E-state index in [1.807, 2.05) is 42.8 Å². The molecule has 8 heteroatoms. The van der Waals surface area contributed by atoms with Crippen molar-refractivity contribution < 1.29 is 9.13 Å². The zero-order valence-corrected chi connectivity index (χ0v) is 19.5. The first-order chi connectivity index (χ1) is 15.9. The summed E-state index contributed by atoms with van der Waals surface area (Å²) in [4.78, 5) is 11.1. The zero-order valence-electron chi connectivity index (χ0n) is 19.5. The van der Waals surface area contributed by atoms with Gasteiger partial charge in [-0.2, -0.15) is 0 Å². The van der Waals surface area contributed by atoms with E-state index in [2.05, 4.69) is 38.9 Å². The second-order valence-corrected chi connectivity index (χ2v) is 7.90. The van der Waals surface area contributed by atoms with Crippen LogP contribution >= 0.6 is 0 Å². The zero-order chi connectivity index (χ0) is 23.5. The lowest BCUT2D eigenvalue weighted by Gasteiger charge is -2.30. The number of aryl methyl sites for hydroxylation is 2. The predicted molar refractivity (Wildman–Crippen MR) is 126 cm³/mol. The van der Waals surface area contributed by atoms with Gasteiger partial charge >= 0.3 is 0 Å². The van der Waals surface area contributed by atoms with Gasteiger partial charge in [0.2, 0.25) is 5.88 Å². The number of nitrogens with zero attached hydrogens (tertiary/aromatic N) is 6. The number of imidazole rings is 1. The van der Waals surface area contributed by atoms with Crippen LogP contribution in [0.1, 0.15) is 36.7 Å². The number of rotatable bonds is 7. The summed E-state index contributed by atoms with van der Waals surface area (Å²) in [6.45, 7) is 8.82. The number of hydrogen-bond acceptors (Lipinski definition) is 6. The summed E-state index contributed by atoms with van der Waals surface area (Å²) in [5.74, 6) is 1.02. The minimum Gasteiger partial charge on any atom is -0.479 e. The van der Waals surface area contributed by atoms with Crippen LogP contribution in [0, 0.1) is 19.7 Å². The number of pyridine rings is 1. The molecule has 0 aliphatic rings. The third-order valence-electron chi connectivity index (χ3n) is 5.68. The van der Waals surface area contributed by atoms with Crippen molar-refractivity contribution in [2.24, 2.45) is 0 Å². The largest absolute Gasteiger partial charge is 0.479 e. The summed E-state index contributed by atoms with van der Waals surface area (Å²) in [5, 5.41) is 9.00. The summed E-state index contributed by atoms with van der Waals surface area (Å²) in [7, 11) is 1.59. The van der Waals surface area contributed by atoms with Crippen LogP contribution < -0.4 is 9.64 Å². The third-order valence-corrected chi connectivity index (χ3v) is 5.68. The Morgan fingerprint density at radius 1 is 1.06 bits per heavy atom. The SMILES string of the molecule is CCN(c1nnc(-c2ccc(-n3cnc(C)c3)c(OC)n2)cc1C)C(C)c1ccc(F)cc1. The molecule has 0 aliphatic heterocycles. The molecule has 0 saturated carbocycles. The molecular weight excluding hydrogens is 419 g/mol. The fourth-order valence-corrected chi connectivity index (χ4v) is 3.89. The summed E-state index contributed by atoms with van der Waals surface area (Å²) in [6, 6.07) is 12.4. The van der Waals surface area contributed by atoms with Crippen LogP contribution in [0.2, 0.25) is 0 Å². The highest BCUT2D eigenvalue weighted by atomic mass is 19.1. The smallest absolute Gasteiger partial charge is 0.238 e. The molecule has 4 rings (SSSR count). The van der Waals surface area contributed by atoms with Gasteiger partial charge in [-0.15, -0.1) is 10.2 Å². The highest BCUT2D eigenvalue weighted by Crippen LogP contribution is 2.30. The van der Waals surface area contributed by atoms with Gasteiger partial charge in [-0.1, -0.05) is 12.1 Å². The van der Waals surface area contributed by atoms with Gasteiger partial charge in [-0.25, -0.2) is 14.4 Å². The molecule has 1 atom stereocenters. The Bertz CT molecular complexity index is 1250. The van der Waals surface area contributed by atoms with E-state index in [9.17, 15) is 4.39 Å². The van der Waals surface area contributed by atoms with E-state index < -0.39 is 0 Å². The Labute approximate surface area is 192 Å². The van der Waals surface area contributed by atoms with Gasteiger partial charge in [0.15, 0.2) is 5.82 Å². The quantitative estimate of drug-likeness (QED) is 0.395. The fourth-order valence-electron chi connectivity index (χ4n) is 3.89. The molecule has 3 heterocycles. The number of hydrogen-bond donors (Lipinski definition) is 0. The summed E-state index contributed by atoms with van der Waals surface area (Å²) in [5.41, 5.74) is 5.03. The lowest BCUT2D eigenvalue weighted by Crippen LogP contribution is -2.28.